The molecule has 3 aliphatic rings. The van der Waals surface area contributed by atoms with E-state index in [0.717, 1.165) is 43.3 Å². The number of aryl methyl sites for hydroxylation is 3. The standard InChI is InChI=1S/C26H36N6/c1-17-13-24(20-7-11-30(3)25(20)28-17)31-12-8-23-21(15-31)18(2)29-32(23)16-26-9-4-5-19(14-26)22(27)6-10-26/h7,11,13,19,22H,4-6,8-10,12,14-16,27H2,1-3H3. The molecule has 2 fully saturated rings. The average molecular weight is 433 g/mol. The van der Waals surface area contributed by atoms with Gasteiger partial charge in [0.2, 0.25) is 0 Å². The summed E-state index contributed by atoms with van der Waals surface area (Å²) in [6.45, 7) is 7.36. The Bertz CT molecular complexity index is 1170. The molecule has 0 amide bonds. The zero-order chi connectivity index (χ0) is 22.0. The van der Waals surface area contributed by atoms with E-state index in [1.807, 2.05) is 0 Å². The van der Waals surface area contributed by atoms with E-state index in [4.69, 9.17) is 15.8 Å². The van der Waals surface area contributed by atoms with Crippen LogP contribution in [0.25, 0.3) is 11.0 Å². The minimum Gasteiger partial charge on any atom is -0.366 e. The molecule has 0 saturated heterocycles. The lowest BCUT2D eigenvalue weighted by Crippen LogP contribution is -2.46. The molecule has 6 nitrogen and oxygen atoms in total. The first-order valence-corrected chi connectivity index (χ1v) is 12.4. The van der Waals surface area contributed by atoms with Crippen LogP contribution in [0, 0.1) is 25.2 Å². The molecule has 3 aromatic rings. The molecule has 1 aliphatic heterocycles. The number of anilines is 1. The highest BCUT2D eigenvalue weighted by Gasteiger charge is 2.43. The van der Waals surface area contributed by atoms with Crippen molar-refractivity contribution in [2.24, 2.45) is 24.1 Å². The lowest BCUT2D eigenvalue weighted by molar-refractivity contribution is 0.0423. The number of aromatic nitrogens is 4. The molecule has 4 heterocycles. The van der Waals surface area contributed by atoms with E-state index in [1.165, 1.54) is 66.5 Å². The van der Waals surface area contributed by atoms with E-state index in [1.54, 1.807) is 0 Å². The number of pyridine rings is 1. The summed E-state index contributed by atoms with van der Waals surface area (Å²) in [5.74, 6) is 0.726. The Hall–Kier alpha value is -2.34. The monoisotopic (exact) mass is 432 g/mol. The second-order valence-corrected chi connectivity index (χ2v) is 10.8. The van der Waals surface area contributed by atoms with Gasteiger partial charge in [0.1, 0.15) is 5.65 Å². The number of hydrogen-bond donors (Lipinski definition) is 1. The van der Waals surface area contributed by atoms with Crippen LogP contribution in [-0.4, -0.2) is 31.9 Å². The van der Waals surface area contributed by atoms with Crippen molar-refractivity contribution in [2.45, 2.75) is 77.9 Å². The minimum atomic E-state index is 0.417. The van der Waals surface area contributed by atoms with Gasteiger partial charge in [0.15, 0.2) is 0 Å². The van der Waals surface area contributed by atoms with Crippen LogP contribution in [0.1, 0.15) is 61.2 Å². The van der Waals surface area contributed by atoms with Crippen LogP contribution >= 0.6 is 0 Å². The van der Waals surface area contributed by atoms with Gasteiger partial charge in [-0.3, -0.25) is 4.68 Å². The maximum atomic E-state index is 6.44. The van der Waals surface area contributed by atoms with Crippen LogP contribution in [0.5, 0.6) is 0 Å². The van der Waals surface area contributed by atoms with Gasteiger partial charge in [0, 0.05) is 73.4 Å². The molecule has 0 aromatic carbocycles. The summed E-state index contributed by atoms with van der Waals surface area (Å²) in [6.07, 6.45) is 10.9. The third-order valence-electron chi connectivity index (χ3n) is 8.70. The summed E-state index contributed by atoms with van der Waals surface area (Å²) in [4.78, 5) is 7.30. The lowest BCUT2D eigenvalue weighted by Gasteiger charge is -2.48. The van der Waals surface area contributed by atoms with Crippen molar-refractivity contribution in [3.8, 4) is 0 Å². The number of rotatable bonds is 3. The number of fused-ring (bicyclic) bond motifs is 4. The first-order valence-electron chi connectivity index (χ1n) is 12.4. The molecule has 0 spiro atoms. The van der Waals surface area contributed by atoms with Gasteiger partial charge in [0.25, 0.3) is 0 Å². The predicted octanol–water partition coefficient (Wildman–Crippen LogP) is 4.25. The van der Waals surface area contributed by atoms with Crippen molar-refractivity contribution in [1.29, 1.82) is 0 Å². The molecule has 2 bridgehead atoms. The molecule has 3 aromatic heterocycles. The fourth-order valence-electron chi connectivity index (χ4n) is 6.94. The summed E-state index contributed by atoms with van der Waals surface area (Å²) < 4.78 is 4.52. The van der Waals surface area contributed by atoms with E-state index < -0.39 is 0 Å². The van der Waals surface area contributed by atoms with Gasteiger partial charge < -0.3 is 15.2 Å². The molecule has 0 radical (unpaired) electrons. The Balaban J connectivity index is 1.30. The minimum absolute atomic E-state index is 0.417. The number of nitrogens with zero attached hydrogens (tertiary/aromatic N) is 5. The molecule has 2 saturated carbocycles. The maximum absolute atomic E-state index is 6.44. The van der Waals surface area contributed by atoms with Crippen LogP contribution in [0.4, 0.5) is 5.69 Å². The third-order valence-corrected chi connectivity index (χ3v) is 8.70. The first-order chi connectivity index (χ1) is 15.4. The van der Waals surface area contributed by atoms with Gasteiger partial charge in [-0.25, -0.2) is 4.98 Å². The molecular formula is C26H36N6. The quantitative estimate of drug-likeness (QED) is 0.672. The Morgan fingerprint density at radius 3 is 2.97 bits per heavy atom. The van der Waals surface area contributed by atoms with E-state index in [-0.39, 0.29) is 0 Å². The molecule has 3 unspecified atom stereocenters. The number of nitrogens with two attached hydrogens (primary N) is 1. The second-order valence-electron chi connectivity index (χ2n) is 10.8. The highest BCUT2D eigenvalue weighted by atomic mass is 15.3. The molecule has 3 atom stereocenters. The van der Waals surface area contributed by atoms with Gasteiger partial charge in [-0.05, 0) is 69.4 Å². The predicted molar refractivity (Wildman–Crippen MR) is 129 cm³/mol. The van der Waals surface area contributed by atoms with Crippen LogP contribution in [0.2, 0.25) is 0 Å². The van der Waals surface area contributed by atoms with E-state index in [9.17, 15) is 0 Å². The molecule has 6 rings (SSSR count). The first kappa shape index (κ1) is 20.3. The second kappa shape index (κ2) is 7.34. The Kier molecular flexibility index (Phi) is 4.65. The Morgan fingerprint density at radius 2 is 2.09 bits per heavy atom. The van der Waals surface area contributed by atoms with Gasteiger partial charge in [-0.1, -0.05) is 6.42 Å². The Morgan fingerprint density at radius 1 is 1.22 bits per heavy atom. The summed E-state index contributed by atoms with van der Waals surface area (Å²) >= 11 is 0. The normalized spacial score (nSPS) is 27.7. The van der Waals surface area contributed by atoms with Gasteiger partial charge >= 0.3 is 0 Å². The largest absolute Gasteiger partial charge is 0.366 e. The van der Waals surface area contributed by atoms with Crippen molar-refractivity contribution in [2.75, 3.05) is 11.4 Å². The van der Waals surface area contributed by atoms with Crippen LogP contribution < -0.4 is 10.6 Å². The molecule has 32 heavy (non-hydrogen) atoms. The maximum Gasteiger partial charge on any atom is 0.141 e. The fourth-order valence-corrected chi connectivity index (χ4v) is 6.94. The van der Waals surface area contributed by atoms with E-state index in [0.29, 0.717) is 11.5 Å². The highest BCUT2D eigenvalue weighted by molar-refractivity contribution is 5.90. The summed E-state index contributed by atoms with van der Waals surface area (Å²) in [5, 5.41) is 6.35. The average Bonchev–Trinajstić information content (AvgIpc) is 3.30. The topological polar surface area (TPSA) is 64.9 Å². The SMILES string of the molecule is Cc1cc(N2CCc3c(c(C)nn3CC34CCCC(C3)C(N)CC4)C2)c2ccn(C)c2n1. The van der Waals surface area contributed by atoms with Gasteiger partial charge in [-0.2, -0.15) is 5.10 Å². The van der Waals surface area contributed by atoms with Crippen molar-refractivity contribution in [3.05, 3.63) is 41.0 Å². The van der Waals surface area contributed by atoms with Crippen LogP contribution in [0.3, 0.4) is 0 Å². The fraction of sp³-hybridized carbons (Fsp3) is 0.615. The lowest BCUT2D eigenvalue weighted by atomic mass is 9.60. The van der Waals surface area contributed by atoms with Crippen LogP contribution in [-0.2, 0) is 26.6 Å². The van der Waals surface area contributed by atoms with Crippen molar-refractivity contribution in [1.82, 2.24) is 19.3 Å². The molecular weight excluding hydrogens is 396 g/mol. The molecule has 2 N–H and O–H groups in total. The molecule has 2 aliphatic carbocycles. The van der Waals surface area contributed by atoms with Gasteiger partial charge in [-0.15, -0.1) is 0 Å². The summed E-state index contributed by atoms with van der Waals surface area (Å²) in [7, 11) is 2.08. The smallest absolute Gasteiger partial charge is 0.141 e. The van der Waals surface area contributed by atoms with Gasteiger partial charge in [0.05, 0.1) is 5.69 Å². The highest BCUT2D eigenvalue weighted by Crippen LogP contribution is 2.49. The number of hydrogen-bond acceptors (Lipinski definition) is 4. The van der Waals surface area contributed by atoms with Crippen LogP contribution in [0.15, 0.2) is 18.3 Å². The third kappa shape index (κ3) is 3.18. The van der Waals surface area contributed by atoms with E-state index in [2.05, 4.69) is 53.4 Å². The zero-order valence-corrected chi connectivity index (χ0v) is 19.8. The van der Waals surface area contributed by atoms with Crippen molar-refractivity contribution >= 4 is 16.7 Å². The zero-order valence-electron chi connectivity index (χ0n) is 19.8. The molecule has 6 heteroatoms. The molecule has 170 valence electrons. The van der Waals surface area contributed by atoms with E-state index >= 15 is 0 Å². The summed E-state index contributed by atoms with van der Waals surface area (Å²) in [5.41, 5.74) is 14.4. The summed E-state index contributed by atoms with van der Waals surface area (Å²) in [6, 6.07) is 4.87. The van der Waals surface area contributed by atoms with Crippen molar-refractivity contribution in [3.63, 3.8) is 0 Å². The Labute approximate surface area is 190 Å². The van der Waals surface area contributed by atoms with Crippen molar-refractivity contribution < 1.29 is 0 Å².